The molecule has 35 heavy (non-hydrogen) atoms. The first-order chi connectivity index (χ1) is 17.1. The third-order valence-corrected chi connectivity index (χ3v) is 6.28. The van der Waals surface area contributed by atoms with Gasteiger partial charge in [0.1, 0.15) is 23.3 Å². The minimum absolute atomic E-state index is 0.0509. The van der Waals surface area contributed by atoms with Gasteiger partial charge in [-0.2, -0.15) is 5.10 Å². The number of aromatic nitrogens is 5. The maximum Gasteiger partial charge on any atom is 0.210 e. The molecule has 1 unspecified atom stereocenters. The van der Waals surface area contributed by atoms with Gasteiger partial charge in [-0.3, -0.25) is 9.08 Å². The van der Waals surface area contributed by atoms with Crippen molar-refractivity contribution in [2.24, 2.45) is 5.92 Å². The second-order valence-corrected chi connectivity index (χ2v) is 9.01. The molecular formula is C25H28N8O2. The van der Waals surface area contributed by atoms with Crippen LogP contribution in [0.15, 0.2) is 54.6 Å². The van der Waals surface area contributed by atoms with Gasteiger partial charge in [0.15, 0.2) is 0 Å². The molecule has 1 saturated carbocycles. The molecule has 4 heterocycles. The van der Waals surface area contributed by atoms with Crippen molar-refractivity contribution < 1.29 is 9.47 Å². The molecule has 6 rings (SSSR count). The van der Waals surface area contributed by atoms with E-state index >= 15 is 0 Å². The molecule has 180 valence electrons. The van der Waals surface area contributed by atoms with E-state index < -0.39 is 0 Å². The van der Waals surface area contributed by atoms with Crippen molar-refractivity contribution in [2.45, 2.75) is 32.5 Å². The lowest BCUT2D eigenvalue weighted by Crippen LogP contribution is -2.37. The molecule has 0 amide bonds. The van der Waals surface area contributed by atoms with E-state index in [0.29, 0.717) is 12.5 Å². The van der Waals surface area contributed by atoms with Crippen molar-refractivity contribution in [2.75, 3.05) is 19.5 Å². The lowest BCUT2D eigenvalue weighted by atomic mass is 10.2. The highest BCUT2D eigenvalue weighted by atomic mass is 16.5. The van der Waals surface area contributed by atoms with Gasteiger partial charge in [0.25, 0.3) is 0 Å². The molecule has 2 aliphatic rings. The average Bonchev–Trinajstić information content (AvgIpc) is 3.23. The van der Waals surface area contributed by atoms with Crippen molar-refractivity contribution in [1.82, 2.24) is 35.0 Å². The van der Waals surface area contributed by atoms with Gasteiger partial charge in [0.05, 0.1) is 38.3 Å². The molecule has 4 aromatic rings. The first kappa shape index (κ1) is 21.5. The van der Waals surface area contributed by atoms with Gasteiger partial charge in [0.2, 0.25) is 5.95 Å². The zero-order chi connectivity index (χ0) is 23.9. The molecule has 0 bridgehead atoms. The molecule has 0 radical (unpaired) electrons. The fraction of sp³-hybridized carbons (Fsp3) is 0.320. The zero-order valence-electron chi connectivity index (χ0n) is 19.9. The lowest BCUT2D eigenvalue weighted by Gasteiger charge is -2.14. The number of anilines is 1. The predicted molar refractivity (Wildman–Crippen MR) is 132 cm³/mol. The second-order valence-electron chi connectivity index (χ2n) is 9.01. The summed E-state index contributed by atoms with van der Waals surface area (Å²) in [6, 6.07) is 7.81. The Labute approximate surface area is 203 Å². The molecule has 1 aromatic carbocycles. The Balaban J connectivity index is 1.29. The Bertz CT molecular complexity index is 1400. The molecule has 3 N–H and O–H groups in total. The molecule has 1 atom stereocenters. The second kappa shape index (κ2) is 8.62. The number of rotatable bonds is 8. The Kier molecular flexibility index (Phi) is 5.29. The lowest BCUT2D eigenvalue weighted by molar-refractivity contribution is 0.393. The highest BCUT2D eigenvalue weighted by Gasteiger charge is 2.30. The van der Waals surface area contributed by atoms with E-state index in [-0.39, 0.29) is 6.17 Å². The SMILES string of the molecule is COc1cc(Cn2cc(-c3cc4nc(C)cn4c(NC4C=C(C5CC5)NN4)n3)cn2)cc(OC)c1. The van der Waals surface area contributed by atoms with Gasteiger partial charge in [-0.05, 0) is 49.5 Å². The number of nitrogens with one attached hydrogen (secondary N) is 3. The summed E-state index contributed by atoms with van der Waals surface area (Å²) in [5.74, 6) is 2.87. The summed E-state index contributed by atoms with van der Waals surface area (Å²) in [5, 5.41) is 8.07. The smallest absolute Gasteiger partial charge is 0.210 e. The third kappa shape index (κ3) is 4.40. The van der Waals surface area contributed by atoms with Crippen LogP contribution >= 0.6 is 0 Å². The van der Waals surface area contributed by atoms with Gasteiger partial charge in [-0.15, -0.1) is 0 Å². The predicted octanol–water partition coefficient (Wildman–Crippen LogP) is 3.11. The fourth-order valence-electron chi connectivity index (χ4n) is 4.36. The van der Waals surface area contributed by atoms with Crippen LogP contribution in [0.1, 0.15) is 24.1 Å². The van der Waals surface area contributed by atoms with Crippen LogP contribution in [0.5, 0.6) is 11.5 Å². The summed E-state index contributed by atoms with van der Waals surface area (Å²) in [7, 11) is 3.30. The number of ether oxygens (including phenoxy) is 2. The quantitative estimate of drug-likeness (QED) is 0.360. The molecule has 0 spiro atoms. The van der Waals surface area contributed by atoms with E-state index in [9.17, 15) is 0 Å². The van der Waals surface area contributed by atoms with Crippen LogP contribution in [-0.2, 0) is 6.54 Å². The zero-order valence-corrected chi connectivity index (χ0v) is 19.9. The topological polar surface area (TPSA) is 103 Å². The van der Waals surface area contributed by atoms with Gasteiger partial charge in [-0.25, -0.2) is 15.4 Å². The summed E-state index contributed by atoms with van der Waals surface area (Å²) >= 11 is 0. The summed E-state index contributed by atoms with van der Waals surface area (Å²) in [5.41, 5.74) is 12.4. The first-order valence-corrected chi connectivity index (χ1v) is 11.7. The normalized spacial score (nSPS) is 17.3. The van der Waals surface area contributed by atoms with E-state index in [4.69, 9.17) is 14.5 Å². The van der Waals surface area contributed by atoms with E-state index in [1.807, 2.05) is 58.9 Å². The molecule has 10 heteroatoms. The standard InChI is InChI=1S/C25H28N8O2/c1-15-12-33-24(27-15)10-21(28-25(33)29-23-9-22(30-31-23)17-4-5-17)18-11-26-32(14-18)13-16-6-19(34-2)8-20(7-16)35-3/h6-12,14,17,23,30-31H,4-5,13H2,1-3H3,(H,28,29). The van der Waals surface area contributed by atoms with Crippen molar-refractivity contribution >= 4 is 11.6 Å². The van der Waals surface area contributed by atoms with Gasteiger partial charge in [0, 0.05) is 35.8 Å². The Morgan fingerprint density at radius 3 is 2.60 bits per heavy atom. The van der Waals surface area contributed by atoms with Gasteiger partial charge < -0.3 is 20.2 Å². The largest absolute Gasteiger partial charge is 0.497 e. The number of hydrogen-bond acceptors (Lipinski definition) is 8. The summed E-state index contributed by atoms with van der Waals surface area (Å²) in [4.78, 5) is 9.61. The number of imidazole rings is 1. The number of benzene rings is 1. The number of fused-ring (bicyclic) bond motifs is 1. The number of methoxy groups -OCH3 is 2. The summed E-state index contributed by atoms with van der Waals surface area (Å²) in [6.45, 7) is 2.56. The number of hydrogen-bond donors (Lipinski definition) is 3. The minimum Gasteiger partial charge on any atom is -0.497 e. The van der Waals surface area contributed by atoms with Crippen LogP contribution in [0.2, 0.25) is 0 Å². The summed E-state index contributed by atoms with van der Waals surface area (Å²) < 4.78 is 14.7. The molecule has 1 fully saturated rings. The molecule has 10 nitrogen and oxygen atoms in total. The number of hydrazine groups is 1. The highest BCUT2D eigenvalue weighted by Crippen LogP contribution is 2.36. The van der Waals surface area contributed by atoms with E-state index in [0.717, 1.165) is 45.6 Å². The van der Waals surface area contributed by atoms with E-state index in [1.54, 1.807) is 14.2 Å². The Hall–Kier alpha value is -4.05. The fourth-order valence-corrected chi connectivity index (χ4v) is 4.36. The maximum absolute atomic E-state index is 5.39. The van der Waals surface area contributed by atoms with Gasteiger partial charge in [-0.1, -0.05) is 0 Å². The molecule has 1 aliphatic carbocycles. The number of allylic oxidation sites excluding steroid dienone is 1. The Morgan fingerprint density at radius 2 is 1.86 bits per heavy atom. The van der Waals surface area contributed by atoms with Crippen LogP contribution in [0.3, 0.4) is 0 Å². The van der Waals surface area contributed by atoms with Crippen LogP contribution in [0.4, 0.5) is 5.95 Å². The van der Waals surface area contributed by atoms with Gasteiger partial charge >= 0.3 is 0 Å². The highest BCUT2D eigenvalue weighted by molar-refractivity contribution is 5.65. The molecule has 0 saturated heterocycles. The average molecular weight is 473 g/mol. The third-order valence-electron chi connectivity index (χ3n) is 6.28. The van der Waals surface area contributed by atoms with Crippen LogP contribution < -0.4 is 25.6 Å². The van der Waals surface area contributed by atoms with Crippen LogP contribution in [0.25, 0.3) is 16.9 Å². The van der Waals surface area contributed by atoms with E-state index in [1.165, 1.54) is 18.5 Å². The van der Waals surface area contributed by atoms with Crippen molar-refractivity contribution in [1.29, 1.82) is 0 Å². The van der Waals surface area contributed by atoms with Crippen molar-refractivity contribution in [3.05, 3.63) is 65.9 Å². The van der Waals surface area contributed by atoms with Crippen LogP contribution in [0, 0.1) is 12.8 Å². The van der Waals surface area contributed by atoms with Crippen molar-refractivity contribution in [3.63, 3.8) is 0 Å². The monoisotopic (exact) mass is 472 g/mol. The Morgan fingerprint density at radius 1 is 1.06 bits per heavy atom. The maximum atomic E-state index is 5.39. The molecule has 1 aliphatic heterocycles. The molecular weight excluding hydrogens is 444 g/mol. The first-order valence-electron chi connectivity index (χ1n) is 11.7. The minimum atomic E-state index is -0.0509. The van der Waals surface area contributed by atoms with E-state index in [2.05, 4.69) is 32.3 Å². The summed E-state index contributed by atoms with van der Waals surface area (Å²) in [6.07, 6.45) is 10.5. The molecule has 3 aromatic heterocycles. The van der Waals surface area contributed by atoms with Crippen LogP contribution in [-0.4, -0.2) is 44.5 Å². The number of nitrogens with zero attached hydrogens (tertiary/aromatic N) is 5. The number of aryl methyl sites for hydroxylation is 1. The van der Waals surface area contributed by atoms with Crippen molar-refractivity contribution in [3.8, 4) is 22.8 Å².